The largest absolute Gasteiger partial charge is 0.351 e. The van der Waals surface area contributed by atoms with Gasteiger partial charge in [-0.2, -0.15) is 0 Å². The predicted octanol–water partition coefficient (Wildman–Crippen LogP) is 2.28. The minimum atomic E-state index is -3.19. The van der Waals surface area contributed by atoms with Crippen LogP contribution < -0.4 is 5.32 Å². The quantitative estimate of drug-likeness (QED) is 0.804. The van der Waals surface area contributed by atoms with Crippen molar-refractivity contribution in [1.29, 1.82) is 0 Å². The molecule has 2 fully saturated rings. The Morgan fingerprint density at radius 2 is 1.82 bits per heavy atom. The van der Waals surface area contributed by atoms with Gasteiger partial charge in [0.2, 0.25) is 15.9 Å². The molecule has 1 atom stereocenters. The van der Waals surface area contributed by atoms with Crippen LogP contribution in [0.1, 0.15) is 65.2 Å². The zero-order valence-electron chi connectivity index (χ0n) is 13.9. The van der Waals surface area contributed by atoms with E-state index in [1.807, 2.05) is 0 Å². The number of hydrogen-bond donors (Lipinski definition) is 1. The average molecular weight is 330 g/mol. The Morgan fingerprint density at radius 3 is 2.41 bits per heavy atom. The van der Waals surface area contributed by atoms with Crippen molar-refractivity contribution in [3.8, 4) is 0 Å². The van der Waals surface area contributed by atoms with Gasteiger partial charge >= 0.3 is 0 Å². The molecule has 1 N–H and O–H groups in total. The van der Waals surface area contributed by atoms with Crippen LogP contribution in [0.2, 0.25) is 0 Å². The molecule has 1 amide bonds. The summed E-state index contributed by atoms with van der Waals surface area (Å²) in [5, 5.41) is 3.23. The Bertz CT molecular complexity index is 482. The van der Waals surface area contributed by atoms with Crippen LogP contribution in [0.25, 0.3) is 0 Å². The van der Waals surface area contributed by atoms with E-state index in [0.29, 0.717) is 13.1 Å². The standard InChI is InChI=1S/C16H30N2O3S/c1-3-22(20,21)18-12-8-9-14(13-18)15(19)17-16(2)10-6-4-5-7-11-16/h14H,3-13H2,1-2H3,(H,17,19)/t14-/m1/s1. The molecule has 0 aromatic carbocycles. The van der Waals surface area contributed by atoms with Gasteiger partial charge in [-0.3, -0.25) is 4.79 Å². The Balaban J connectivity index is 1.97. The van der Waals surface area contributed by atoms with Crippen molar-refractivity contribution in [2.45, 2.75) is 70.8 Å². The van der Waals surface area contributed by atoms with Gasteiger partial charge < -0.3 is 5.32 Å². The Morgan fingerprint density at radius 1 is 1.18 bits per heavy atom. The number of nitrogens with one attached hydrogen (secondary N) is 1. The Labute approximate surface area is 134 Å². The number of rotatable bonds is 4. The van der Waals surface area contributed by atoms with Gasteiger partial charge in [0, 0.05) is 18.6 Å². The highest BCUT2D eigenvalue weighted by Crippen LogP contribution is 2.28. The lowest BCUT2D eigenvalue weighted by molar-refractivity contribution is -0.128. The summed E-state index contributed by atoms with van der Waals surface area (Å²) in [4.78, 5) is 12.6. The molecule has 128 valence electrons. The van der Waals surface area contributed by atoms with Crippen LogP contribution in [0.4, 0.5) is 0 Å². The normalized spacial score (nSPS) is 27.1. The highest BCUT2D eigenvalue weighted by atomic mass is 32.2. The number of nitrogens with zero attached hydrogens (tertiary/aromatic N) is 1. The average Bonchev–Trinajstić information content (AvgIpc) is 2.72. The molecule has 0 aromatic rings. The van der Waals surface area contributed by atoms with Crippen LogP contribution in [0.3, 0.4) is 0 Å². The maximum absolute atomic E-state index is 12.6. The van der Waals surface area contributed by atoms with E-state index in [1.165, 1.54) is 17.1 Å². The molecule has 1 heterocycles. The third kappa shape index (κ3) is 4.44. The Kier molecular flexibility index (Phi) is 5.88. The van der Waals surface area contributed by atoms with E-state index in [0.717, 1.165) is 38.5 Å². The molecule has 6 heteroatoms. The lowest BCUT2D eigenvalue weighted by Gasteiger charge is -2.35. The zero-order chi connectivity index (χ0) is 16.2. The molecular weight excluding hydrogens is 300 g/mol. The van der Waals surface area contributed by atoms with Gasteiger partial charge in [-0.1, -0.05) is 25.7 Å². The molecule has 1 saturated heterocycles. The van der Waals surface area contributed by atoms with Crippen LogP contribution >= 0.6 is 0 Å². The van der Waals surface area contributed by atoms with E-state index in [1.54, 1.807) is 6.92 Å². The SMILES string of the molecule is CCS(=O)(=O)N1CCC[C@@H](C(=O)NC2(C)CCCCCC2)C1. The van der Waals surface area contributed by atoms with E-state index in [-0.39, 0.29) is 23.1 Å². The van der Waals surface area contributed by atoms with E-state index in [9.17, 15) is 13.2 Å². The van der Waals surface area contributed by atoms with Crippen molar-refractivity contribution in [3.63, 3.8) is 0 Å². The number of amides is 1. The first-order valence-corrected chi connectivity index (χ1v) is 10.3. The lowest BCUT2D eigenvalue weighted by atomic mass is 9.90. The van der Waals surface area contributed by atoms with Crippen LogP contribution in [0.5, 0.6) is 0 Å². The molecule has 1 aliphatic carbocycles. The van der Waals surface area contributed by atoms with Crippen LogP contribution in [-0.4, -0.2) is 43.0 Å². The molecule has 0 spiro atoms. The van der Waals surface area contributed by atoms with Crippen molar-refractivity contribution in [2.24, 2.45) is 5.92 Å². The van der Waals surface area contributed by atoms with Gasteiger partial charge in [0.1, 0.15) is 0 Å². The number of sulfonamides is 1. The third-order valence-electron chi connectivity index (χ3n) is 5.15. The summed E-state index contributed by atoms with van der Waals surface area (Å²) in [6.07, 6.45) is 8.45. The molecule has 0 aromatic heterocycles. The number of piperidine rings is 1. The van der Waals surface area contributed by atoms with Gasteiger partial charge in [-0.25, -0.2) is 12.7 Å². The van der Waals surface area contributed by atoms with Gasteiger partial charge in [-0.15, -0.1) is 0 Å². The lowest BCUT2D eigenvalue weighted by Crippen LogP contribution is -2.52. The van der Waals surface area contributed by atoms with Crippen molar-refractivity contribution in [3.05, 3.63) is 0 Å². The highest BCUT2D eigenvalue weighted by molar-refractivity contribution is 7.89. The summed E-state index contributed by atoms with van der Waals surface area (Å²) in [5.41, 5.74) is -0.112. The fourth-order valence-corrected chi connectivity index (χ4v) is 4.80. The summed E-state index contributed by atoms with van der Waals surface area (Å²) in [5.74, 6) is -0.0467. The molecule has 1 saturated carbocycles. The zero-order valence-corrected chi connectivity index (χ0v) is 14.8. The second-order valence-corrected chi connectivity index (χ2v) is 9.32. The summed E-state index contributed by atoms with van der Waals surface area (Å²) >= 11 is 0. The predicted molar refractivity (Wildman–Crippen MR) is 88.0 cm³/mol. The fraction of sp³-hybridized carbons (Fsp3) is 0.938. The van der Waals surface area contributed by atoms with E-state index in [4.69, 9.17) is 0 Å². The van der Waals surface area contributed by atoms with Gasteiger partial charge in [0.15, 0.2) is 0 Å². The molecule has 0 unspecified atom stereocenters. The van der Waals surface area contributed by atoms with Crippen molar-refractivity contribution >= 4 is 15.9 Å². The van der Waals surface area contributed by atoms with Crippen molar-refractivity contribution < 1.29 is 13.2 Å². The Hall–Kier alpha value is -0.620. The molecule has 2 rings (SSSR count). The third-order valence-corrected chi connectivity index (χ3v) is 6.99. The smallest absolute Gasteiger partial charge is 0.224 e. The van der Waals surface area contributed by atoms with Gasteiger partial charge in [0.05, 0.1) is 11.7 Å². The number of carbonyl (C=O) groups excluding carboxylic acids is 1. The summed E-state index contributed by atoms with van der Waals surface area (Å²) in [7, 11) is -3.19. The number of carbonyl (C=O) groups is 1. The van der Waals surface area contributed by atoms with E-state index in [2.05, 4.69) is 12.2 Å². The van der Waals surface area contributed by atoms with Crippen molar-refractivity contribution in [2.75, 3.05) is 18.8 Å². The fourth-order valence-electron chi connectivity index (χ4n) is 3.63. The monoisotopic (exact) mass is 330 g/mol. The second kappa shape index (κ2) is 7.30. The first-order valence-electron chi connectivity index (χ1n) is 8.66. The summed E-state index contributed by atoms with van der Waals surface area (Å²) < 4.78 is 25.5. The molecule has 5 nitrogen and oxygen atoms in total. The molecular formula is C16H30N2O3S. The van der Waals surface area contributed by atoms with Gasteiger partial charge in [0.25, 0.3) is 0 Å². The minimum Gasteiger partial charge on any atom is -0.351 e. The maximum atomic E-state index is 12.6. The van der Waals surface area contributed by atoms with E-state index < -0.39 is 10.0 Å². The van der Waals surface area contributed by atoms with Crippen LogP contribution in [0, 0.1) is 5.92 Å². The molecule has 22 heavy (non-hydrogen) atoms. The summed E-state index contributed by atoms with van der Waals surface area (Å²) in [6, 6.07) is 0. The maximum Gasteiger partial charge on any atom is 0.224 e. The van der Waals surface area contributed by atoms with Crippen LogP contribution in [0.15, 0.2) is 0 Å². The molecule has 0 radical (unpaired) electrons. The molecule has 1 aliphatic heterocycles. The van der Waals surface area contributed by atoms with Crippen LogP contribution in [-0.2, 0) is 14.8 Å². The first-order chi connectivity index (χ1) is 10.4. The first kappa shape index (κ1) is 17.7. The summed E-state index contributed by atoms with van der Waals surface area (Å²) in [6.45, 7) is 4.69. The second-order valence-electron chi connectivity index (χ2n) is 7.06. The van der Waals surface area contributed by atoms with Gasteiger partial charge in [-0.05, 0) is 39.5 Å². The topological polar surface area (TPSA) is 66.5 Å². The van der Waals surface area contributed by atoms with E-state index >= 15 is 0 Å². The molecule has 0 bridgehead atoms. The molecule has 2 aliphatic rings. The van der Waals surface area contributed by atoms with Crippen molar-refractivity contribution in [1.82, 2.24) is 9.62 Å². The highest BCUT2D eigenvalue weighted by Gasteiger charge is 2.34. The number of hydrogen-bond acceptors (Lipinski definition) is 3. The minimum absolute atomic E-state index is 0.0420.